The molecule has 0 atom stereocenters. The number of aromatic nitrogens is 2. The molecule has 6 heteroatoms. The van der Waals surface area contributed by atoms with E-state index in [1.165, 1.54) is 50.3 Å². The highest BCUT2D eigenvalue weighted by Gasteiger charge is 2.27. The lowest BCUT2D eigenvalue weighted by atomic mass is 10.2. The molecule has 3 rings (SSSR count). The van der Waals surface area contributed by atoms with Crippen molar-refractivity contribution in [3.05, 3.63) is 5.82 Å². The van der Waals surface area contributed by atoms with E-state index in [2.05, 4.69) is 19.2 Å². The minimum Gasteiger partial charge on any atom is -0.384 e. The largest absolute Gasteiger partial charge is 0.384 e. The van der Waals surface area contributed by atoms with E-state index in [-0.39, 0.29) is 0 Å². The molecule has 0 radical (unpaired) electrons. The number of rotatable bonds is 5. The first-order valence-corrected chi connectivity index (χ1v) is 8.44. The fourth-order valence-electron chi connectivity index (χ4n) is 3.22. The molecular formula is C14H24N4OS. The molecule has 0 spiro atoms. The first-order valence-electron chi connectivity index (χ1n) is 7.67. The number of piperazine rings is 1. The second-order valence-electron chi connectivity index (χ2n) is 5.70. The van der Waals surface area contributed by atoms with E-state index in [0.717, 1.165) is 36.5 Å². The van der Waals surface area contributed by atoms with Gasteiger partial charge in [0.05, 0.1) is 6.61 Å². The molecule has 1 saturated carbocycles. The SMILES string of the molecule is COCCc1nsc(N2CCN(C3CCCC3)CC2)n1. The van der Waals surface area contributed by atoms with Gasteiger partial charge in [0, 0.05) is 57.3 Å². The van der Waals surface area contributed by atoms with Gasteiger partial charge in [0.2, 0.25) is 5.13 Å². The van der Waals surface area contributed by atoms with E-state index >= 15 is 0 Å². The standard InChI is InChI=1S/C14H24N4OS/c1-19-11-6-13-15-14(20-16-13)18-9-7-17(8-10-18)12-4-2-3-5-12/h12H,2-11H2,1H3. The first-order chi connectivity index (χ1) is 9.86. The quantitative estimate of drug-likeness (QED) is 0.828. The Bertz CT molecular complexity index is 411. The summed E-state index contributed by atoms with van der Waals surface area (Å²) in [6.45, 7) is 5.24. The Hall–Kier alpha value is -0.720. The molecule has 5 nitrogen and oxygen atoms in total. The maximum Gasteiger partial charge on any atom is 0.205 e. The van der Waals surface area contributed by atoms with Crippen molar-refractivity contribution >= 4 is 16.7 Å². The van der Waals surface area contributed by atoms with Crippen LogP contribution in [0.1, 0.15) is 31.5 Å². The van der Waals surface area contributed by atoms with Crippen LogP contribution in [0.25, 0.3) is 0 Å². The van der Waals surface area contributed by atoms with E-state index in [0.29, 0.717) is 6.61 Å². The van der Waals surface area contributed by atoms with Crippen LogP contribution in [0.2, 0.25) is 0 Å². The van der Waals surface area contributed by atoms with Crippen LogP contribution in [0.4, 0.5) is 5.13 Å². The first kappa shape index (κ1) is 14.2. The zero-order valence-electron chi connectivity index (χ0n) is 12.3. The number of hydrogen-bond acceptors (Lipinski definition) is 6. The van der Waals surface area contributed by atoms with Crippen molar-refractivity contribution in [3.63, 3.8) is 0 Å². The summed E-state index contributed by atoms with van der Waals surface area (Å²) < 4.78 is 9.50. The highest BCUT2D eigenvalue weighted by atomic mass is 32.1. The molecule has 0 unspecified atom stereocenters. The van der Waals surface area contributed by atoms with Crippen molar-refractivity contribution in [2.45, 2.75) is 38.1 Å². The van der Waals surface area contributed by atoms with Gasteiger partial charge in [-0.25, -0.2) is 4.98 Å². The van der Waals surface area contributed by atoms with Gasteiger partial charge in [-0.15, -0.1) is 0 Å². The molecule has 112 valence electrons. The van der Waals surface area contributed by atoms with Gasteiger partial charge in [0.1, 0.15) is 5.82 Å². The fraction of sp³-hybridized carbons (Fsp3) is 0.857. The van der Waals surface area contributed by atoms with Gasteiger partial charge in [0.25, 0.3) is 0 Å². The molecule has 0 aromatic carbocycles. The zero-order valence-corrected chi connectivity index (χ0v) is 13.1. The van der Waals surface area contributed by atoms with Crippen LogP contribution < -0.4 is 4.90 Å². The van der Waals surface area contributed by atoms with E-state index in [1.807, 2.05) is 0 Å². The summed E-state index contributed by atoms with van der Waals surface area (Å²) in [5, 5.41) is 1.09. The third kappa shape index (κ3) is 3.30. The average Bonchev–Trinajstić information content (AvgIpc) is 3.17. The summed E-state index contributed by atoms with van der Waals surface area (Å²) in [4.78, 5) is 9.69. The van der Waals surface area contributed by atoms with Gasteiger partial charge in [0.15, 0.2) is 0 Å². The van der Waals surface area contributed by atoms with Crippen molar-refractivity contribution in [1.82, 2.24) is 14.3 Å². The van der Waals surface area contributed by atoms with Gasteiger partial charge < -0.3 is 9.64 Å². The summed E-state index contributed by atoms with van der Waals surface area (Å²) in [7, 11) is 1.72. The molecule has 2 fully saturated rings. The minimum atomic E-state index is 0.700. The molecule has 1 aliphatic carbocycles. The lowest BCUT2D eigenvalue weighted by molar-refractivity contribution is 0.187. The molecule has 1 saturated heterocycles. The van der Waals surface area contributed by atoms with Gasteiger partial charge >= 0.3 is 0 Å². The van der Waals surface area contributed by atoms with Crippen LogP contribution in [-0.2, 0) is 11.2 Å². The summed E-state index contributed by atoms with van der Waals surface area (Å²) in [5.41, 5.74) is 0. The minimum absolute atomic E-state index is 0.700. The number of methoxy groups -OCH3 is 1. The third-order valence-electron chi connectivity index (χ3n) is 4.41. The number of ether oxygens (including phenoxy) is 1. The Labute approximate surface area is 125 Å². The van der Waals surface area contributed by atoms with Crippen LogP contribution in [0, 0.1) is 0 Å². The Morgan fingerprint density at radius 2 is 1.95 bits per heavy atom. The number of nitrogens with zero attached hydrogens (tertiary/aromatic N) is 4. The second-order valence-corrected chi connectivity index (χ2v) is 6.43. The molecule has 2 aliphatic rings. The highest BCUT2D eigenvalue weighted by molar-refractivity contribution is 7.09. The number of hydrogen-bond donors (Lipinski definition) is 0. The Morgan fingerprint density at radius 3 is 2.65 bits per heavy atom. The van der Waals surface area contributed by atoms with Gasteiger partial charge in [-0.2, -0.15) is 4.37 Å². The molecule has 1 aromatic heterocycles. The molecule has 2 heterocycles. The summed E-state index contributed by atoms with van der Waals surface area (Å²) in [6.07, 6.45) is 6.46. The Balaban J connectivity index is 1.51. The monoisotopic (exact) mass is 296 g/mol. The van der Waals surface area contributed by atoms with Gasteiger partial charge in [-0.1, -0.05) is 12.8 Å². The van der Waals surface area contributed by atoms with Crippen molar-refractivity contribution in [2.75, 3.05) is 44.8 Å². The van der Waals surface area contributed by atoms with E-state index in [4.69, 9.17) is 4.74 Å². The van der Waals surface area contributed by atoms with Crippen molar-refractivity contribution in [3.8, 4) is 0 Å². The smallest absolute Gasteiger partial charge is 0.205 e. The molecule has 1 aliphatic heterocycles. The maximum atomic E-state index is 5.08. The van der Waals surface area contributed by atoms with E-state index < -0.39 is 0 Å². The lowest BCUT2D eigenvalue weighted by Gasteiger charge is -2.37. The van der Waals surface area contributed by atoms with Crippen molar-refractivity contribution in [2.24, 2.45) is 0 Å². The highest BCUT2D eigenvalue weighted by Crippen LogP contribution is 2.26. The van der Waals surface area contributed by atoms with Crippen LogP contribution >= 0.6 is 11.5 Å². The molecule has 1 aromatic rings. The fourth-order valence-corrected chi connectivity index (χ4v) is 3.98. The van der Waals surface area contributed by atoms with E-state index in [1.54, 1.807) is 7.11 Å². The average molecular weight is 296 g/mol. The van der Waals surface area contributed by atoms with Gasteiger partial charge in [-0.05, 0) is 12.8 Å². The van der Waals surface area contributed by atoms with Crippen LogP contribution in [0.3, 0.4) is 0 Å². The summed E-state index contributed by atoms with van der Waals surface area (Å²) >= 11 is 1.53. The molecular weight excluding hydrogens is 272 g/mol. The Morgan fingerprint density at radius 1 is 1.20 bits per heavy atom. The predicted molar refractivity (Wildman–Crippen MR) is 81.5 cm³/mol. The summed E-state index contributed by atoms with van der Waals surface area (Å²) in [6, 6.07) is 0.851. The molecule has 0 bridgehead atoms. The van der Waals surface area contributed by atoms with Crippen LogP contribution in [-0.4, -0.2) is 60.2 Å². The number of anilines is 1. The van der Waals surface area contributed by atoms with Crippen LogP contribution in [0.15, 0.2) is 0 Å². The second kappa shape index (κ2) is 6.83. The molecule has 0 amide bonds. The van der Waals surface area contributed by atoms with Gasteiger partial charge in [-0.3, -0.25) is 4.90 Å². The lowest BCUT2D eigenvalue weighted by Crippen LogP contribution is -2.49. The normalized spacial score (nSPS) is 21.8. The molecule has 20 heavy (non-hydrogen) atoms. The van der Waals surface area contributed by atoms with Crippen molar-refractivity contribution in [1.29, 1.82) is 0 Å². The van der Waals surface area contributed by atoms with Crippen molar-refractivity contribution < 1.29 is 4.74 Å². The van der Waals surface area contributed by atoms with E-state index in [9.17, 15) is 0 Å². The maximum absolute atomic E-state index is 5.08. The third-order valence-corrected chi connectivity index (χ3v) is 5.23. The predicted octanol–water partition coefficient (Wildman–Crippen LogP) is 1.79. The topological polar surface area (TPSA) is 41.5 Å². The zero-order chi connectivity index (χ0) is 13.8. The molecule has 0 N–H and O–H groups in total. The Kier molecular flexibility index (Phi) is 4.86. The summed E-state index contributed by atoms with van der Waals surface area (Å²) in [5.74, 6) is 0.921. The van der Waals surface area contributed by atoms with Crippen LogP contribution in [0.5, 0.6) is 0 Å².